The molecule has 0 aliphatic rings. The molecular weight excluding hydrogens is 372 g/mol. The number of thiophene rings is 1. The Balaban J connectivity index is 1.62. The quantitative estimate of drug-likeness (QED) is 0.610. The molecule has 3 rings (SSSR count). The van der Waals surface area contributed by atoms with Gasteiger partial charge in [-0.2, -0.15) is 11.3 Å². The van der Waals surface area contributed by atoms with Crippen molar-refractivity contribution < 1.29 is 14.3 Å². The molecule has 1 aromatic heterocycles. The number of primary amides is 1. The zero-order valence-corrected chi connectivity index (χ0v) is 16.4. The van der Waals surface area contributed by atoms with Gasteiger partial charge in [0.25, 0.3) is 11.8 Å². The number of nitrogens with one attached hydrogen (secondary N) is 1. The van der Waals surface area contributed by atoms with Crippen molar-refractivity contribution in [3.8, 4) is 5.75 Å². The lowest BCUT2D eigenvalue weighted by molar-refractivity contribution is 0.0939. The van der Waals surface area contributed by atoms with Gasteiger partial charge in [0.1, 0.15) is 12.4 Å². The highest BCUT2D eigenvalue weighted by molar-refractivity contribution is 7.07. The second-order valence-corrected chi connectivity index (χ2v) is 7.34. The number of amides is 2. The first-order valence-electron chi connectivity index (χ1n) is 8.95. The lowest BCUT2D eigenvalue weighted by Gasteiger charge is -2.14. The van der Waals surface area contributed by atoms with Gasteiger partial charge < -0.3 is 15.8 Å². The van der Waals surface area contributed by atoms with Gasteiger partial charge in [-0.05, 0) is 65.6 Å². The summed E-state index contributed by atoms with van der Waals surface area (Å²) in [5.41, 5.74) is 8.32. The van der Waals surface area contributed by atoms with Crippen LogP contribution in [0, 0.1) is 0 Å². The number of para-hydroxylation sites is 1. The average molecular weight is 394 g/mol. The van der Waals surface area contributed by atoms with Gasteiger partial charge in [0, 0.05) is 11.6 Å². The van der Waals surface area contributed by atoms with Gasteiger partial charge in [-0.1, -0.05) is 24.3 Å². The van der Waals surface area contributed by atoms with E-state index in [0.717, 1.165) is 12.0 Å². The predicted molar refractivity (Wildman–Crippen MR) is 111 cm³/mol. The Hall–Kier alpha value is -3.12. The number of hydrogen-bond donors (Lipinski definition) is 2. The highest BCUT2D eigenvalue weighted by Crippen LogP contribution is 2.19. The van der Waals surface area contributed by atoms with Gasteiger partial charge in [-0.15, -0.1) is 0 Å². The molecule has 3 N–H and O–H groups in total. The van der Waals surface area contributed by atoms with Crippen LogP contribution in [0.25, 0.3) is 0 Å². The highest BCUT2D eigenvalue weighted by Gasteiger charge is 2.12. The molecule has 28 heavy (non-hydrogen) atoms. The molecule has 1 heterocycles. The van der Waals surface area contributed by atoms with E-state index in [1.165, 1.54) is 5.56 Å². The number of nitrogens with two attached hydrogens (primary N) is 1. The van der Waals surface area contributed by atoms with Crippen molar-refractivity contribution in [2.24, 2.45) is 5.73 Å². The van der Waals surface area contributed by atoms with E-state index in [0.29, 0.717) is 16.9 Å². The van der Waals surface area contributed by atoms with Gasteiger partial charge in [0.05, 0.1) is 5.56 Å². The van der Waals surface area contributed by atoms with Gasteiger partial charge in [0.2, 0.25) is 0 Å². The Labute approximate surface area is 168 Å². The smallest absolute Gasteiger partial charge is 0.252 e. The molecule has 2 amide bonds. The van der Waals surface area contributed by atoms with Crippen LogP contribution in [0.5, 0.6) is 5.75 Å². The van der Waals surface area contributed by atoms with E-state index in [1.54, 1.807) is 47.7 Å². The van der Waals surface area contributed by atoms with E-state index in [2.05, 4.69) is 16.8 Å². The van der Waals surface area contributed by atoms with Crippen molar-refractivity contribution in [3.05, 3.63) is 87.6 Å². The van der Waals surface area contributed by atoms with E-state index >= 15 is 0 Å². The summed E-state index contributed by atoms with van der Waals surface area (Å²) in [6.45, 7) is 2.22. The van der Waals surface area contributed by atoms with Crippen molar-refractivity contribution >= 4 is 23.2 Å². The van der Waals surface area contributed by atoms with Crippen molar-refractivity contribution in [2.45, 2.75) is 26.0 Å². The summed E-state index contributed by atoms with van der Waals surface area (Å²) in [6.07, 6.45) is 0.794. The van der Waals surface area contributed by atoms with Crippen molar-refractivity contribution in [1.29, 1.82) is 0 Å². The molecule has 1 atom stereocenters. The monoisotopic (exact) mass is 394 g/mol. The van der Waals surface area contributed by atoms with Gasteiger partial charge >= 0.3 is 0 Å². The van der Waals surface area contributed by atoms with Crippen LogP contribution in [0.4, 0.5) is 0 Å². The fourth-order valence-corrected chi connectivity index (χ4v) is 3.56. The summed E-state index contributed by atoms with van der Waals surface area (Å²) in [7, 11) is 0. The molecule has 0 aliphatic carbocycles. The van der Waals surface area contributed by atoms with E-state index in [-0.39, 0.29) is 18.6 Å². The second kappa shape index (κ2) is 9.19. The third-order valence-electron chi connectivity index (χ3n) is 4.24. The number of ether oxygens (including phenoxy) is 1. The summed E-state index contributed by atoms with van der Waals surface area (Å²) >= 11 is 1.65. The highest BCUT2D eigenvalue weighted by atomic mass is 32.1. The summed E-state index contributed by atoms with van der Waals surface area (Å²) in [5.74, 6) is -0.236. The van der Waals surface area contributed by atoms with Crippen LogP contribution in [-0.2, 0) is 13.0 Å². The summed E-state index contributed by atoms with van der Waals surface area (Å²) in [5, 5.41) is 7.14. The molecule has 3 aromatic rings. The van der Waals surface area contributed by atoms with E-state index < -0.39 is 5.91 Å². The predicted octanol–water partition coefficient (Wildman–Crippen LogP) is 3.79. The minimum Gasteiger partial charge on any atom is -0.488 e. The molecule has 0 bridgehead atoms. The lowest BCUT2D eigenvalue weighted by atomic mass is 10.1. The normalized spacial score (nSPS) is 11.6. The first-order chi connectivity index (χ1) is 13.5. The van der Waals surface area contributed by atoms with Gasteiger partial charge in [-0.3, -0.25) is 9.59 Å². The summed E-state index contributed by atoms with van der Waals surface area (Å²) in [6, 6.07) is 16.2. The molecule has 5 nitrogen and oxygen atoms in total. The fourth-order valence-electron chi connectivity index (χ4n) is 2.88. The van der Waals surface area contributed by atoms with Crippen LogP contribution in [0.2, 0.25) is 0 Å². The number of rotatable bonds is 8. The molecule has 1 unspecified atom stereocenters. The van der Waals surface area contributed by atoms with Crippen molar-refractivity contribution in [2.75, 3.05) is 0 Å². The molecule has 6 heteroatoms. The van der Waals surface area contributed by atoms with Crippen LogP contribution in [0.1, 0.15) is 38.8 Å². The number of carbonyl (C=O) groups excluding carboxylic acids is 2. The second-order valence-electron chi connectivity index (χ2n) is 6.56. The molecule has 0 saturated carbocycles. The van der Waals surface area contributed by atoms with Crippen LogP contribution in [-0.4, -0.2) is 17.9 Å². The van der Waals surface area contributed by atoms with E-state index in [9.17, 15) is 9.59 Å². The molecule has 0 spiro atoms. The average Bonchev–Trinajstić information content (AvgIpc) is 3.19. The third-order valence-corrected chi connectivity index (χ3v) is 4.97. The molecule has 144 valence electrons. The Morgan fingerprint density at radius 3 is 2.68 bits per heavy atom. The first kappa shape index (κ1) is 19.6. The fraction of sp³-hybridized carbons (Fsp3) is 0.182. The zero-order valence-electron chi connectivity index (χ0n) is 15.6. The summed E-state index contributed by atoms with van der Waals surface area (Å²) in [4.78, 5) is 24.0. The molecule has 0 saturated heterocycles. The summed E-state index contributed by atoms with van der Waals surface area (Å²) < 4.78 is 5.74. The molecule has 0 radical (unpaired) electrons. The molecule has 0 aliphatic heterocycles. The minimum atomic E-state index is -0.539. The minimum absolute atomic E-state index is 0.0319. The maximum atomic E-state index is 12.5. The number of hydrogen-bond acceptors (Lipinski definition) is 4. The standard InChI is InChI=1S/C22H22N2O3S/c1-15(11-17-9-10-28-14-17)24-22(26)18-6-4-5-16(12-18)13-27-20-8-3-2-7-19(20)21(23)25/h2-10,12,14-15H,11,13H2,1H3,(H2,23,25)(H,24,26). The molecule has 2 aromatic carbocycles. The Morgan fingerprint density at radius 2 is 1.93 bits per heavy atom. The van der Waals surface area contributed by atoms with Crippen LogP contribution in [0.15, 0.2) is 65.4 Å². The first-order valence-corrected chi connectivity index (χ1v) is 9.89. The zero-order chi connectivity index (χ0) is 19.9. The Morgan fingerprint density at radius 1 is 1.11 bits per heavy atom. The van der Waals surface area contributed by atoms with Crippen molar-refractivity contribution in [1.82, 2.24) is 5.32 Å². The van der Waals surface area contributed by atoms with Crippen molar-refractivity contribution in [3.63, 3.8) is 0 Å². The Kier molecular flexibility index (Phi) is 6.45. The number of benzene rings is 2. The van der Waals surface area contributed by atoms with E-state index in [4.69, 9.17) is 10.5 Å². The van der Waals surface area contributed by atoms with Gasteiger partial charge in [-0.25, -0.2) is 0 Å². The maximum absolute atomic E-state index is 12.5. The number of carbonyl (C=O) groups is 2. The van der Waals surface area contributed by atoms with Gasteiger partial charge in [0.15, 0.2) is 0 Å². The Bertz CT molecular complexity index is 954. The van der Waals surface area contributed by atoms with Crippen LogP contribution < -0.4 is 15.8 Å². The molecular formula is C22H22N2O3S. The topological polar surface area (TPSA) is 81.4 Å². The van der Waals surface area contributed by atoms with Crippen LogP contribution >= 0.6 is 11.3 Å². The SMILES string of the molecule is CC(Cc1ccsc1)NC(=O)c1cccc(COc2ccccc2C(N)=O)c1. The molecule has 0 fully saturated rings. The van der Waals surface area contributed by atoms with Crippen LogP contribution in [0.3, 0.4) is 0 Å². The maximum Gasteiger partial charge on any atom is 0.252 e. The van der Waals surface area contributed by atoms with E-state index in [1.807, 2.05) is 24.4 Å². The lowest BCUT2D eigenvalue weighted by Crippen LogP contribution is -2.34. The third kappa shape index (κ3) is 5.20. The largest absolute Gasteiger partial charge is 0.488 e.